The molecule has 2 N–H and O–H groups in total. The number of amides is 1. The van der Waals surface area contributed by atoms with Crippen LogP contribution < -0.4 is 10.7 Å². The molecule has 1 aromatic heterocycles. The number of aromatic nitrogens is 2. The lowest BCUT2D eigenvalue weighted by Gasteiger charge is -2.25. The summed E-state index contributed by atoms with van der Waals surface area (Å²) < 4.78 is 1.54. The molecule has 6 nitrogen and oxygen atoms in total. The highest BCUT2D eigenvalue weighted by molar-refractivity contribution is 5.81. The first-order valence-corrected chi connectivity index (χ1v) is 8.03. The molecule has 2 aromatic rings. The van der Waals surface area contributed by atoms with E-state index in [0.29, 0.717) is 23.4 Å². The molecule has 1 amide bonds. The molecule has 1 fully saturated rings. The van der Waals surface area contributed by atoms with Crippen molar-refractivity contribution in [1.82, 2.24) is 15.1 Å². The second kappa shape index (κ2) is 6.91. The van der Waals surface area contributed by atoms with Crippen LogP contribution in [0.5, 0.6) is 0 Å². The highest BCUT2D eigenvalue weighted by Crippen LogP contribution is 2.23. The number of aliphatic hydroxyl groups excluding tert-OH is 1. The number of benzene rings is 1. The minimum atomic E-state index is -0.241. The SMILES string of the molecule is O=C(Cn1ncc(=O)c2ccccc21)NCC1CCCC(O)C1. The normalized spacial score (nSPS) is 21.3. The van der Waals surface area contributed by atoms with Gasteiger partial charge in [0, 0.05) is 11.9 Å². The lowest BCUT2D eigenvalue weighted by molar-refractivity contribution is -0.122. The van der Waals surface area contributed by atoms with Gasteiger partial charge in [-0.3, -0.25) is 14.3 Å². The van der Waals surface area contributed by atoms with Gasteiger partial charge in [0.1, 0.15) is 6.54 Å². The maximum Gasteiger partial charge on any atom is 0.241 e. The van der Waals surface area contributed by atoms with Gasteiger partial charge in [-0.05, 0) is 37.3 Å². The van der Waals surface area contributed by atoms with Crippen molar-refractivity contribution in [3.63, 3.8) is 0 Å². The van der Waals surface area contributed by atoms with Crippen molar-refractivity contribution in [3.8, 4) is 0 Å². The first kappa shape index (κ1) is 15.7. The van der Waals surface area contributed by atoms with Gasteiger partial charge in [0.2, 0.25) is 11.3 Å². The fourth-order valence-electron chi connectivity index (χ4n) is 3.19. The minimum Gasteiger partial charge on any atom is -0.393 e. The summed E-state index contributed by atoms with van der Waals surface area (Å²) in [5, 5.41) is 17.2. The lowest BCUT2D eigenvalue weighted by atomic mass is 9.87. The number of nitrogens with zero attached hydrogens (tertiary/aromatic N) is 2. The summed E-state index contributed by atoms with van der Waals surface area (Å²) in [7, 11) is 0. The van der Waals surface area contributed by atoms with Crippen LogP contribution in [0.15, 0.2) is 35.3 Å². The van der Waals surface area contributed by atoms with Crippen molar-refractivity contribution in [2.24, 2.45) is 5.92 Å². The summed E-state index contributed by atoms with van der Waals surface area (Å²) in [4.78, 5) is 23.9. The van der Waals surface area contributed by atoms with Crippen molar-refractivity contribution < 1.29 is 9.90 Å². The maximum atomic E-state index is 12.2. The van der Waals surface area contributed by atoms with Crippen LogP contribution in [-0.4, -0.2) is 33.4 Å². The van der Waals surface area contributed by atoms with E-state index in [1.54, 1.807) is 22.9 Å². The van der Waals surface area contributed by atoms with Crippen LogP contribution in [0.2, 0.25) is 0 Å². The Kier molecular flexibility index (Phi) is 4.71. The zero-order valence-electron chi connectivity index (χ0n) is 12.9. The van der Waals surface area contributed by atoms with Crippen molar-refractivity contribution in [1.29, 1.82) is 0 Å². The summed E-state index contributed by atoms with van der Waals surface area (Å²) in [6, 6.07) is 7.13. The molecular weight excluding hydrogens is 294 g/mol. The fourth-order valence-corrected chi connectivity index (χ4v) is 3.19. The Morgan fingerprint density at radius 3 is 3.00 bits per heavy atom. The quantitative estimate of drug-likeness (QED) is 0.884. The van der Waals surface area contributed by atoms with Crippen LogP contribution in [0, 0.1) is 5.92 Å². The molecular formula is C17H21N3O3. The maximum absolute atomic E-state index is 12.2. The third-order valence-electron chi connectivity index (χ3n) is 4.40. The van der Waals surface area contributed by atoms with Crippen LogP contribution in [0.25, 0.3) is 10.9 Å². The van der Waals surface area contributed by atoms with Gasteiger partial charge in [-0.1, -0.05) is 18.6 Å². The van der Waals surface area contributed by atoms with E-state index in [1.807, 2.05) is 6.07 Å². The molecule has 0 radical (unpaired) electrons. The summed E-state index contributed by atoms with van der Waals surface area (Å²) in [6.45, 7) is 0.657. The Bertz CT molecular complexity index is 756. The van der Waals surface area contributed by atoms with Crippen molar-refractivity contribution in [2.75, 3.05) is 6.54 Å². The molecule has 1 aliphatic carbocycles. The van der Waals surface area contributed by atoms with Crippen molar-refractivity contribution in [2.45, 2.75) is 38.3 Å². The second-order valence-corrected chi connectivity index (χ2v) is 6.17. The Hall–Kier alpha value is -2.21. The van der Waals surface area contributed by atoms with Gasteiger partial charge < -0.3 is 10.4 Å². The third-order valence-corrected chi connectivity index (χ3v) is 4.40. The largest absolute Gasteiger partial charge is 0.393 e. The highest BCUT2D eigenvalue weighted by atomic mass is 16.3. The van der Waals surface area contributed by atoms with Crippen LogP contribution in [0.4, 0.5) is 0 Å². The zero-order valence-corrected chi connectivity index (χ0v) is 12.9. The van der Waals surface area contributed by atoms with E-state index < -0.39 is 0 Å². The standard InChI is InChI=1S/C17H21N3O3/c21-13-5-3-4-12(8-13)9-18-17(23)11-20-15-7-2-1-6-14(15)16(22)10-19-20/h1-2,6-7,10,12-13,21H,3-5,8-9,11H2,(H,18,23). The van der Waals surface area contributed by atoms with Gasteiger partial charge in [-0.25, -0.2) is 0 Å². The number of carbonyl (C=O) groups is 1. The summed E-state index contributed by atoms with van der Waals surface area (Å²) >= 11 is 0. The van der Waals surface area contributed by atoms with Crippen LogP contribution in [0.3, 0.4) is 0 Å². The van der Waals surface area contributed by atoms with Gasteiger partial charge in [0.05, 0.1) is 17.8 Å². The van der Waals surface area contributed by atoms with E-state index >= 15 is 0 Å². The number of nitrogens with one attached hydrogen (secondary N) is 1. The molecule has 1 heterocycles. The number of aliphatic hydroxyl groups is 1. The molecule has 23 heavy (non-hydrogen) atoms. The number of fused-ring (bicyclic) bond motifs is 1. The molecule has 0 saturated heterocycles. The monoisotopic (exact) mass is 315 g/mol. The minimum absolute atomic E-state index is 0.0794. The average Bonchev–Trinajstić information content (AvgIpc) is 2.56. The molecule has 0 spiro atoms. The predicted octanol–water partition coefficient (Wildman–Crippen LogP) is 1.06. The number of carbonyl (C=O) groups excluding carboxylic acids is 1. The van der Waals surface area contributed by atoms with E-state index in [4.69, 9.17) is 0 Å². The Morgan fingerprint density at radius 1 is 1.35 bits per heavy atom. The molecule has 1 aromatic carbocycles. The summed E-state index contributed by atoms with van der Waals surface area (Å²) in [5.74, 6) is 0.202. The molecule has 2 unspecified atom stereocenters. The lowest BCUT2D eigenvalue weighted by Crippen LogP contribution is -2.35. The van der Waals surface area contributed by atoms with Gasteiger partial charge in [-0.15, -0.1) is 0 Å². The smallest absolute Gasteiger partial charge is 0.241 e. The van der Waals surface area contributed by atoms with E-state index in [1.165, 1.54) is 6.20 Å². The topological polar surface area (TPSA) is 84.2 Å². The van der Waals surface area contributed by atoms with E-state index in [-0.39, 0.29) is 24.0 Å². The van der Waals surface area contributed by atoms with Crippen molar-refractivity contribution >= 4 is 16.8 Å². The number of rotatable bonds is 4. The first-order chi connectivity index (χ1) is 11.1. The van der Waals surface area contributed by atoms with E-state index in [9.17, 15) is 14.7 Å². The second-order valence-electron chi connectivity index (χ2n) is 6.17. The molecule has 3 rings (SSSR count). The summed E-state index contributed by atoms with van der Waals surface area (Å²) in [6.07, 6.45) is 4.66. The van der Waals surface area contributed by atoms with Gasteiger partial charge in [0.15, 0.2) is 0 Å². The van der Waals surface area contributed by atoms with Crippen LogP contribution in [-0.2, 0) is 11.3 Å². The molecule has 2 atom stereocenters. The zero-order chi connectivity index (χ0) is 16.2. The Labute approximate surface area is 134 Å². The average molecular weight is 315 g/mol. The molecule has 1 saturated carbocycles. The Balaban J connectivity index is 1.64. The summed E-state index contributed by atoms with van der Waals surface area (Å²) in [5.41, 5.74) is 0.511. The number of para-hydroxylation sites is 1. The van der Waals surface area contributed by atoms with Crippen LogP contribution in [0.1, 0.15) is 25.7 Å². The van der Waals surface area contributed by atoms with Gasteiger partial charge >= 0.3 is 0 Å². The number of hydrogen-bond donors (Lipinski definition) is 2. The molecule has 122 valence electrons. The van der Waals surface area contributed by atoms with E-state index in [0.717, 1.165) is 25.7 Å². The fraction of sp³-hybridized carbons (Fsp3) is 0.471. The molecule has 0 bridgehead atoms. The third kappa shape index (κ3) is 3.76. The van der Waals surface area contributed by atoms with Gasteiger partial charge in [0.25, 0.3) is 0 Å². The highest BCUT2D eigenvalue weighted by Gasteiger charge is 2.20. The predicted molar refractivity (Wildman–Crippen MR) is 87.0 cm³/mol. The first-order valence-electron chi connectivity index (χ1n) is 8.03. The Morgan fingerprint density at radius 2 is 2.17 bits per heavy atom. The molecule has 1 aliphatic rings. The molecule has 0 aliphatic heterocycles. The van der Waals surface area contributed by atoms with Crippen molar-refractivity contribution in [3.05, 3.63) is 40.7 Å². The molecule has 6 heteroatoms. The van der Waals surface area contributed by atoms with Gasteiger partial charge in [-0.2, -0.15) is 5.10 Å². The van der Waals surface area contributed by atoms with Crippen LogP contribution >= 0.6 is 0 Å². The number of hydrogen-bond acceptors (Lipinski definition) is 4. The van der Waals surface area contributed by atoms with E-state index in [2.05, 4.69) is 10.4 Å².